The molecule has 0 saturated carbocycles. The van der Waals surface area contributed by atoms with Crippen molar-refractivity contribution in [1.82, 2.24) is 0 Å². The van der Waals surface area contributed by atoms with Crippen molar-refractivity contribution >= 4 is 31.0 Å². The van der Waals surface area contributed by atoms with E-state index in [4.69, 9.17) is 4.74 Å². The number of benzene rings is 1. The summed E-state index contributed by atoms with van der Waals surface area (Å²) < 4.78 is 43.7. The van der Waals surface area contributed by atoms with Gasteiger partial charge in [-0.1, -0.05) is 11.6 Å². The molecular formula is C12H15BF3KO2S. The van der Waals surface area contributed by atoms with Crippen LogP contribution in [0.3, 0.4) is 0 Å². The van der Waals surface area contributed by atoms with E-state index in [9.17, 15) is 17.7 Å². The van der Waals surface area contributed by atoms with Gasteiger partial charge in [0, 0.05) is 4.90 Å². The minimum atomic E-state index is -5.19. The van der Waals surface area contributed by atoms with E-state index >= 15 is 0 Å². The molecule has 0 unspecified atom stereocenters. The van der Waals surface area contributed by atoms with Gasteiger partial charge in [0.1, 0.15) is 5.60 Å². The predicted octanol–water partition coefficient (Wildman–Crippen LogP) is 0.297. The molecule has 2 nitrogen and oxygen atoms in total. The van der Waals surface area contributed by atoms with E-state index in [-0.39, 0.29) is 67.4 Å². The fourth-order valence-corrected chi connectivity index (χ4v) is 1.78. The van der Waals surface area contributed by atoms with E-state index in [0.29, 0.717) is 0 Å². The van der Waals surface area contributed by atoms with Crippen molar-refractivity contribution in [1.29, 1.82) is 0 Å². The molecule has 0 heterocycles. The average molecular weight is 330 g/mol. The fraction of sp³-hybridized carbons (Fsp3) is 0.417. The fourth-order valence-electron chi connectivity index (χ4n) is 1.52. The minimum absolute atomic E-state index is 0. The Morgan fingerprint density at radius 2 is 1.75 bits per heavy atom. The topological polar surface area (TPSA) is 26.3 Å². The second-order valence-electron chi connectivity index (χ2n) is 5.29. The summed E-state index contributed by atoms with van der Waals surface area (Å²) in [6.45, 7) is 1.08. The van der Waals surface area contributed by atoms with Crippen molar-refractivity contribution in [2.24, 2.45) is 0 Å². The van der Waals surface area contributed by atoms with Crippen molar-refractivity contribution in [2.75, 3.05) is 0 Å². The van der Waals surface area contributed by atoms with E-state index in [1.807, 2.05) is 0 Å². The Hall–Kier alpha value is 0.531. The van der Waals surface area contributed by atoms with E-state index in [2.05, 4.69) is 12.6 Å². The summed E-state index contributed by atoms with van der Waals surface area (Å²) in [6.07, 6.45) is 0. The first-order valence-electron chi connectivity index (χ1n) is 5.68. The van der Waals surface area contributed by atoms with E-state index < -0.39 is 24.0 Å². The zero-order valence-electron chi connectivity index (χ0n) is 12.1. The van der Waals surface area contributed by atoms with Crippen LogP contribution in [-0.2, 0) is 4.74 Å². The Balaban J connectivity index is 0.00000361. The molecule has 20 heavy (non-hydrogen) atoms. The SMILES string of the molecule is Cc1c(S)cc(C(=O)OC(C)(C)C)cc1[B-](F)(F)F.[K+]. The number of esters is 1. The van der Waals surface area contributed by atoms with Crippen LogP contribution in [0.5, 0.6) is 0 Å². The van der Waals surface area contributed by atoms with Gasteiger partial charge < -0.3 is 17.7 Å². The summed E-state index contributed by atoms with van der Waals surface area (Å²) in [4.78, 5) is 11.9. The zero-order valence-corrected chi connectivity index (χ0v) is 16.1. The summed E-state index contributed by atoms with van der Waals surface area (Å²) in [5.74, 6) is -0.788. The predicted molar refractivity (Wildman–Crippen MR) is 72.3 cm³/mol. The van der Waals surface area contributed by atoms with Gasteiger partial charge in [-0.15, -0.1) is 18.1 Å². The first-order valence-corrected chi connectivity index (χ1v) is 6.13. The summed E-state index contributed by atoms with van der Waals surface area (Å²) in [5.41, 5.74) is -1.70. The van der Waals surface area contributed by atoms with Crippen LogP contribution < -0.4 is 56.8 Å². The number of hydrogen-bond acceptors (Lipinski definition) is 3. The third kappa shape index (κ3) is 5.73. The van der Waals surface area contributed by atoms with Crippen molar-refractivity contribution in [3.63, 3.8) is 0 Å². The van der Waals surface area contributed by atoms with Crippen molar-refractivity contribution in [3.05, 3.63) is 23.3 Å². The van der Waals surface area contributed by atoms with Gasteiger partial charge in [0.25, 0.3) is 0 Å². The molecule has 0 aliphatic carbocycles. The van der Waals surface area contributed by atoms with Gasteiger partial charge in [-0.05, 0) is 33.8 Å². The molecule has 8 heteroatoms. The Labute approximate surface area is 164 Å². The van der Waals surface area contributed by atoms with Gasteiger partial charge in [0.05, 0.1) is 5.56 Å². The van der Waals surface area contributed by atoms with Crippen LogP contribution >= 0.6 is 12.6 Å². The maximum absolute atomic E-state index is 12.9. The molecular weight excluding hydrogens is 315 g/mol. The van der Waals surface area contributed by atoms with Gasteiger partial charge in [-0.25, -0.2) is 4.79 Å². The van der Waals surface area contributed by atoms with E-state index in [1.165, 1.54) is 13.0 Å². The molecule has 0 spiro atoms. The Morgan fingerprint density at radius 1 is 1.25 bits per heavy atom. The first kappa shape index (κ1) is 20.5. The molecule has 0 N–H and O–H groups in total. The molecule has 0 radical (unpaired) electrons. The normalized spacial score (nSPS) is 11.8. The van der Waals surface area contributed by atoms with Crippen LogP contribution in [0.25, 0.3) is 0 Å². The number of carbonyl (C=O) groups is 1. The molecule has 1 aromatic rings. The largest absolute Gasteiger partial charge is 1.00 e. The van der Waals surface area contributed by atoms with Gasteiger partial charge in [-0.2, -0.15) is 0 Å². The Morgan fingerprint density at radius 3 is 2.15 bits per heavy atom. The van der Waals surface area contributed by atoms with E-state index in [0.717, 1.165) is 6.07 Å². The number of rotatable bonds is 2. The average Bonchev–Trinajstić information content (AvgIpc) is 2.17. The number of ether oxygens (including phenoxy) is 1. The zero-order chi connectivity index (χ0) is 15.0. The second-order valence-corrected chi connectivity index (χ2v) is 5.77. The Kier molecular flexibility index (Phi) is 7.39. The van der Waals surface area contributed by atoms with Crippen LogP contribution in [0, 0.1) is 6.92 Å². The maximum atomic E-state index is 12.9. The molecule has 1 aromatic carbocycles. The van der Waals surface area contributed by atoms with Crippen LogP contribution in [0.15, 0.2) is 17.0 Å². The quantitative estimate of drug-likeness (QED) is 0.480. The molecule has 106 valence electrons. The number of halogens is 3. The third-order valence-corrected chi connectivity index (χ3v) is 2.87. The van der Waals surface area contributed by atoms with Crippen LogP contribution in [0.4, 0.5) is 12.9 Å². The Bertz CT molecular complexity index is 513. The van der Waals surface area contributed by atoms with Gasteiger partial charge in [-0.3, -0.25) is 0 Å². The molecule has 0 amide bonds. The second kappa shape index (κ2) is 7.20. The minimum Gasteiger partial charge on any atom is -0.456 e. The molecule has 0 bridgehead atoms. The number of thiol groups is 1. The smallest absolute Gasteiger partial charge is 0.456 e. The molecule has 0 aliphatic heterocycles. The standard InChI is InChI=1S/C12H15BF3O2S.K/c1-7-9(13(14,15)16)5-8(6-10(7)19)11(17)18-12(2,3)4;/h5-6,19H,1-4H3;/q-1;+1. The monoisotopic (exact) mass is 330 g/mol. The van der Waals surface area contributed by atoms with Crippen LogP contribution in [0.2, 0.25) is 0 Å². The van der Waals surface area contributed by atoms with Crippen LogP contribution in [0.1, 0.15) is 36.7 Å². The molecule has 0 atom stereocenters. The van der Waals surface area contributed by atoms with Crippen LogP contribution in [-0.4, -0.2) is 18.5 Å². The molecule has 0 aromatic heterocycles. The summed E-state index contributed by atoms with van der Waals surface area (Å²) in [6, 6.07) is 2.11. The summed E-state index contributed by atoms with van der Waals surface area (Å²) >= 11 is 3.98. The van der Waals surface area contributed by atoms with Crippen molar-refractivity contribution in [2.45, 2.75) is 38.2 Å². The molecule has 0 fully saturated rings. The van der Waals surface area contributed by atoms with Gasteiger partial charge in [0.2, 0.25) is 0 Å². The summed E-state index contributed by atoms with van der Waals surface area (Å²) in [5, 5.41) is 0. The molecule has 1 rings (SSSR count). The molecule has 0 aliphatic rings. The van der Waals surface area contributed by atoms with E-state index in [1.54, 1.807) is 20.8 Å². The van der Waals surface area contributed by atoms with Gasteiger partial charge in [0.15, 0.2) is 0 Å². The number of hydrogen-bond donors (Lipinski definition) is 1. The number of carbonyl (C=O) groups excluding carboxylic acids is 1. The third-order valence-electron chi connectivity index (χ3n) is 2.41. The first-order chi connectivity index (χ1) is 8.42. The van der Waals surface area contributed by atoms with Crippen molar-refractivity contribution < 1.29 is 73.9 Å². The molecule has 0 saturated heterocycles. The summed E-state index contributed by atoms with van der Waals surface area (Å²) in [7, 11) is 0. The van der Waals surface area contributed by atoms with Gasteiger partial charge >= 0.3 is 64.3 Å². The van der Waals surface area contributed by atoms with Crippen molar-refractivity contribution in [3.8, 4) is 0 Å². The maximum Gasteiger partial charge on any atom is 1.00 e.